The van der Waals surface area contributed by atoms with Crippen molar-refractivity contribution in [2.24, 2.45) is 0 Å². The zero-order valence-electron chi connectivity index (χ0n) is 9.50. The number of hydrogen-bond donors (Lipinski definition) is 1. The molecule has 0 aliphatic rings. The van der Waals surface area contributed by atoms with E-state index in [-0.39, 0.29) is 24.6 Å². The van der Waals surface area contributed by atoms with Crippen molar-refractivity contribution in [1.29, 1.82) is 5.26 Å². The smallest absolute Gasteiger partial charge is 0.225 e. The number of nitriles is 1. The Labute approximate surface area is 99.0 Å². The zero-order chi connectivity index (χ0) is 12.7. The number of hydrogen-bond acceptors (Lipinski definition) is 3. The highest BCUT2D eigenvalue weighted by atomic mass is 19.1. The maximum absolute atomic E-state index is 13.4. The van der Waals surface area contributed by atoms with Crippen LogP contribution in [0.3, 0.4) is 0 Å². The van der Waals surface area contributed by atoms with Crippen molar-refractivity contribution in [3.05, 3.63) is 29.6 Å². The Kier molecular flexibility index (Phi) is 4.95. The number of ether oxygens (including phenoxy) is 1. The van der Waals surface area contributed by atoms with E-state index < -0.39 is 5.82 Å². The van der Waals surface area contributed by atoms with Crippen LogP contribution in [0, 0.1) is 17.1 Å². The number of halogens is 1. The second-order valence-corrected chi connectivity index (χ2v) is 3.31. The van der Waals surface area contributed by atoms with E-state index in [4.69, 9.17) is 10.00 Å². The molecule has 0 atom stereocenters. The monoisotopic (exact) mass is 236 g/mol. The summed E-state index contributed by atoms with van der Waals surface area (Å²) in [4.78, 5) is 11.3. The summed E-state index contributed by atoms with van der Waals surface area (Å²) < 4.78 is 18.5. The van der Waals surface area contributed by atoms with E-state index in [1.54, 1.807) is 19.1 Å². The Morgan fingerprint density at radius 3 is 2.94 bits per heavy atom. The number of benzene rings is 1. The third-order valence-corrected chi connectivity index (χ3v) is 2.03. The van der Waals surface area contributed by atoms with Crippen molar-refractivity contribution in [2.75, 3.05) is 13.2 Å². The zero-order valence-corrected chi connectivity index (χ0v) is 9.50. The second kappa shape index (κ2) is 6.48. The Bertz CT molecular complexity index is 441. The summed E-state index contributed by atoms with van der Waals surface area (Å²) in [6, 6.07) is 6.17. The van der Waals surface area contributed by atoms with Gasteiger partial charge in [0.15, 0.2) is 11.6 Å². The molecular weight excluding hydrogens is 223 g/mol. The lowest BCUT2D eigenvalue weighted by atomic mass is 10.1. The largest absolute Gasteiger partial charge is 0.491 e. The van der Waals surface area contributed by atoms with Crippen LogP contribution < -0.4 is 10.1 Å². The quantitative estimate of drug-likeness (QED) is 0.786. The molecule has 90 valence electrons. The minimum atomic E-state index is -0.488. The highest BCUT2D eigenvalue weighted by molar-refractivity contribution is 5.78. The molecule has 0 fully saturated rings. The van der Waals surface area contributed by atoms with Gasteiger partial charge in [0.25, 0.3) is 0 Å². The van der Waals surface area contributed by atoms with Gasteiger partial charge in [-0.1, -0.05) is 6.07 Å². The third-order valence-electron chi connectivity index (χ3n) is 2.03. The Hall–Kier alpha value is -2.09. The Morgan fingerprint density at radius 2 is 2.35 bits per heavy atom. The number of nitrogens with one attached hydrogen (secondary N) is 1. The van der Waals surface area contributed by atoms with E-state index in [9.17, 15) is 9.18 Å². The van der Waals surface area contributed by atoms with Gasteiger partial charge in [0.2, 0.25) is 5.91 Å². The minimum Gasteiger partial charge on any atom is -0.491 e. The van der Waals surface area contributed by atoms with Crippen LogP contribution in [0.1, 0.15) is 12.5 Å². The van der Waals surface area contributed by atoms with Gasteiger partial charge in [-0.2, -0.15) is 5.26 Å². The van der Waals surface area contributed by atoms with Crippen molar-refractivity contribution in [3.8, 4) is 11.8 Å². The van der Waals surface area contributed by atoms with Crippen LogP contribution in [0.25, 0.3) is 0 Å². The maximum atomic E-state index is 13.4. The number of carbonyl (C=O) groups is 1. The van der Waals surface area contributed by atoms with Crippen LogP contribution in [-0.2, 0) is 11.2 Å². The molecule has 4 nitrogen and oxygen atoms in total. The third kappa shape index (κ3) is 4.11. The molecule has 0 spiro atoms. The topological polar surface area (TPSA) is 62.1 Å². The van der Waals surface area contributed by atoms with E-state index in [1.807, 2.05) is 0 Å². The first-order valence-electron chi connectivity index (χ1n) is 5.22. The molecule has 0 aliphatic heterocycles. The predicted octanol–water partition coefficient (Wildman–Crippen LogP) is 1.41. The van der Waals surface area contributed by atoms with Crippen molar-refractivity contribution in [1.82, 2.24) is 5.32 Å². The average molecular weight is 236 g/mol. The fourth-order valence-corrected chi connectivity index (χ4v) is 1.31. The lowest BCUT2D eigenvalue weighted by molar-refractivity contribution is -0.120. The molecular formula is C12H13FN2O2. The average Bonchev–Trinajstić information content (AvgIpc) is 2.30. The highest BCUT2D eigenvalue weighted by Gasteiger charge is 2.07. The molecule has 1 rings (SSSR count). The lowest BCUT2D eigenvalue weighted by Crippen LogP contribution is -2.25. The van der Waals surface area contributed by atoms with Crippen molar-refractivity contribution >= 4 is 5.91 Å². The fraction of sp³-hybridized carbons (Fsp3) is 0.333. The summed E-state index contributed by atoms with van der Waals surface area (Å²) in [5.41, 5.74) is 0.543. The van der Waals surface area contributed by atoms with Gasteiger partial charge in [0, 0.05) is 0 Å². The van der Waals surface area contributed by atoms with Gasteiger partial charge in [-0.3, -0.25) is 4.79 Å². The van der Waals surface area contributed by atoms with Gasteiger partial charge >= 0.3 is 0 Å². The molecule has 0 saturated carbocycles. The van der Waals surface area contributed by atoms with Crippen LogP contribution in [0.5, 0.6) is 5.75 Å². The standard InChI is InChI=1S/C12H13FN2O2/c1-2-17-11-4-3-9(7-10(11)13)8-12(16)15-6-5-14/h3-4,7H,2,6,8H2,1H3,(H,15,16). The summed E-state index contributed by atoms with van der Waals surface area (Å²) in [7, 11) is 0. The van der Waals surface area contributed by atoms with Crippen LogP contribution in [0.4, 0.5) is 4.39 Å². The molecule has 17 heavy (non-hydrogen) atoms. The Morgan fingerprint density at radius 1 is 1.59 bits per heavy atom. The van der Waals surface area contributed by atoms with Gasteiger partial charge in [0.1, 0.15) is 6.54 Å². The fourth-order valence-electron chi connectivity index (χ4n) is 1.31. The normalized spacial score (nSPS) is 9.47. The molecule has 1 aromatic rings. The summed E-state index contributed by atoms with van der Waals surface area (Å²) in [5.74, 6) is -0.624. The molecule has 0 radical (unpaired) electrons. The van der Waals surface area contributed by atoms with Crippen molar-refractivity contribution in [3.63, 3.8) is 0 Å². The first kappa shape index (κ1) is 13.0. The summed E-state index contributed by atoms with van der Waals surface area (Å²) in [5, 5.41) is 10.7. The van der Waals surface area contributed by atoms with Crippen LogP contribution in [-0.4, -0.2) is 19.1 Å². The number of nitrogens with zero attached hydrogens (tertiary/aromatic N) is 1. The van der Waals surface area contributed by atoms with Gasteiger partial charge < -0.3 is 10.1 Å². The predicted molar refractivity (Wildman–Crippen MR) is 59.9 cm³/mol. The van der Waals surface area contributed by atoms with Crippen molar-refractivity contribution in [2.45, 2.75) is 13.3 Å². The van der Waals surface area contributed by atoms with Crippen LogP contribution in [0.15, 0.2) is 18.2 Å². The SMILES string of the molecule is CCOc1ccc(CC(=O)NCC#N)cc1F. The summed E-state index contributed by atoms with van der Waals surface area (Å²) in [6.45, 7) is 2.11. The molecule has 0 unspecified atom stereocenters. The Balaban J connectivity index is 2.64. The molecule has 0 bridgehead atoms. The summed E-state index contributed by atoms with van der Waals surface area (Å²) >= 11 is 0. The first-order chi connectivity index (χ1) is 8.17. The number of carbonyl (C=O) groups excluding carboxylic acids is 1. The molecule has 0 aromatic heterocycles. The minimum absolute atomic E-state index is 0.0433. The second-order valence-electron chi connectivity index (χ2n) is 3.31. The molecule has 1 amide bonds. The highest BCUT2D eigenvalue weighted by Crippen LogP contribution is 2.18. The van der Waals surface area contributed by atoms with Gasteiger partial charge in [0.05, 0.1) is 19.1 Å². The van der Waals surface area contributed by atoms with E-state index in [0.29, 0.717) is 12.2 Å². The lowest BCUT2D eigenvalue weighted by Gasteiger charge is -2.06. The molecule has 0 aliphatic carbocycles. The molecule has 1 N–H and O–H groups in total. The van der Waals surface area contributed by atoms with Crippen molar-refractivity contribution < 1.29 is 13.9 Å². The molecule has 1 aromatic carbocycles. The van der Waals surface area contributed by atoms with Crippen LogP contribution in [0.2, 0.25) is 0 Å². The van der Waals surface area contributed by atoms with Gasteiger partial charge in [-0.15, -0.1) is 0 Å². The first-order valence-corrected chi connectivity index (χ1v) is 5.22. The molecule has 0 saturated heterocycles. The van der Waals surface area contributed by atoms with E-state index in [2.05, 4.69) is 5.32 Å². The van der Waals surface area contributed by atoms with Gasteiger partial charge in [-0.05, 0) is 24.6 Å². The van der Waals surface area contributed by atoms with Crippen LogP contribution >= 0.6 is 0 Å². The van der Waals surface area contributed by atoms with E-state index >= 15 is 0 Å². The number of amides is 1. The van der Waals surface area contributed by atoms with Gasteiger partial charge in [-0.25, -0.2) is 4.39 Å². The maximum Gasteiger partial charge on any atom is 0.225 e. The molecule has 0 heterocycles. The van der Waals surface area contributed by atoms with E-state index in [1.165, 1.54) is 12.1 Å². The van der Waals surface area contributed by atoms with E-state index in [0.717, 1.165) is 0 Å². The molecule has 5 heteroatoms. The number of rotatable bonds is 5. The summed E-state index contributed by atoms with van der Waals surface area (Å²) in [6.07, 6.45) is 0.0466.